The number of halogens is 1. The number of aliphatic hydroxyl groups is 1. The third-order valence-corrected chi connectivity index (χ3v) is 3.42. The minimum Gasteiger partial charge on any atom is -0.393 e. The van der Waals surface area contributed by atoms with Crippen LogP contribution >= 0.6 is 11.6 Å². The molecule has 0 saturated carbocycles. The highest BCUT2D eigenvalue weighted by Gasteiger charge is 2.28. The molecule has 4 nitrogen and oxygen atoms in total. The van der Waals surface area contributed by atoms with Gasteiger partial charge in [0.1, 0.15) is 0 Å². The fourth-order valence-electron chi connectivity index (χ4n) is 2.14. The lowest BCUT2D eigenvalue weighted by Crippen LogP contribution is -2.43. The molecule has 1 aromatic heterocycles. The van der Waals surface area contributed by atoms with Gasteiger partial charge in [-0.2, -0.15) is 0 Å². The van der Waals surface area contributed by atoms with Crippen molar-refractivity contribution in [2.45, 2.75) is 25.9 Å². The lowest BCUT2D eigenvalue weighted by atomic mass is 9.92. The van der Waals surface area contributed by atoms with Crippen molar-refractivity contribution in [1.29, 1.82) is 0 Å². The Kier molecular flexibility index (Phi) is 3.61. The quantitative estimate of drug-likeness (QED) is 0.857. The van der Waals surface area contributed by atoms with Crippen LogP contribution in [0.4, 0.5) is 5.82 Å². The molecule has 2 atom stereocenters. The molecule has 0 unspecified atom stereocenters. The molecule has 0 aliphatic carbocycles. The van der Waals surface area contributed by atoms with Crippen LogP contribution in [0.2, 0.25) is 5.15 Å². The van der Waals surface area contributed by atoms with E-state index >= 15 is 0 Å². The van der Waals surface area contributed by atoms with Gasteiger partial charge in [0, 0.05) is 31.4 Å². The van der Waals surface area contributed by atoms with Gasteiger partial charge in [-0.1, -0.05) is 18.5 Å². The van der Waals surface area contributed by atoms with E-state index in [0.29, 0.717) is 11.1 Å². The van der Waals surface area contributed by atoms with Gasteiger partial charge in [-0.25, -0.2) is 9.97 Å². The largest absolute Gasteiger partial charge is 0.393 e. The molecule has 0 bridgehead atoms. The number of hydrogen-bond acceptors (Lipinski definition) is 4. The summed E-state index contributed by atoms with van der Waals surface area (Å²) in [6.45, 7) is 3.68. The molecule has 2 heterocycles. The number of aliphatic hydroxyl groups excluding tert-OH is 1. The van der Waals surface area contributed by atoms with Crippen LogP contribution in [0.15, 0.2) is 12.4 Å². The second-order valence-electron chi connectivity index (χ2n) is 4.14. The monoisotopic (exact) mass is 241 g/mol. The zero-order valence-electron chi connectivity index (χ0n) is 9.30. The molecule has 2 rings (SSSR count). The van der Waals surface area contributed by atoms with Gasteiger partial charge in [0.25, 0.3) is 0 Å². The summed E-state index contributed by atoms with van der Waals surface area (Å²) < 4.78 is 0. The summed E-state index contributed by atoms with van der Waals surface area (Å²) in [7, 11) is 0. The molecule has 5 heteroatoms. The Balaban J connectivity index is 2.14. The maximum atomic E-state index is 9.81. The molecule has 0 radical (unpaired) electrons. The first-order valence-corrected chi connectivity index (χ1v) is 5.99. The zero-order valence-corrected chi connectivity index (χ0v) is 10.1. The molecule has 0 aromatic carbocycles. The normalized spacial score (nSPS) is 25.8. The lowest BCUT2D eigenvalue weighted by Gasteiger charge is -2.36. The maximum Gasteiger partial charge on any atom is 0.171 e. The van der Waals surface area contributed by atoms with Crippen molar-refractivity contribution in [3.63, 3.8) is 0 Å². The third kappa shape index (κ3) is 2.28. The predicted molar refractivity (Wildman–Crippen MR) is 63.7 cm³/mol. The fourth-order valence-corrected chi connectivity index (χ4v) is 2.36. The first kappa shape index (κ1) is 11.6. The lowest BCUT2D eigenvalue weighted by molar-refractivity contribution is 0.0858. The summed E-state index contributed by atoms with van der Waals surface area (Å²) in [6, 6.07) is 0. The number of hydrogen-bond donors (Lipinski definition) is 1. The van der Waals surface area contributed by atoms with Gasteiger partial charge >= 0.3 is 0 Å². The number of piperidine rings is 1. The molecule has 0 spiro atoms. The number of aromatic nitrogens is 2. The van der Waals surface area contributed by atoms with Crippen LogP contribution in [0.3, 0.4) is 0 Å². The van der Waals surface area contributed by atoms with Gasteiger partial charge in [-0.05, 0) is 12.8 Å². The van der Waals surface area contributed by atoms with E-state index < -0.39 is 0 Å². The molecule has 1 aromatic rings. The van der Waals surface area contributed by atoms with Gasteiger partial charge in [0.15, 0.2) is 11.0 Å². The second-order valence-corrected chi connectivity index (χ2v) is 4.50. The van der Waals surface area contributed by atoms with Crippen LogP contribution in [0, 0.1) is 5.92 Å². The molecule has 16 heavy (non-hydrogen) atoms. The van der Waals surface area contributed by atoms with Gasteiger partial charge in [-0.3, -0.25) is 0 Å². The highest BCUT2D eigenvalue weighted by atomic mass is 35.5. The van der Waals surface area contributed by atoms with Crippen molar-refractivity contribution in [2.24, 2.45) is 5.92 Å². The topological polar surface area (TPSA) is 49.2 Å². The van der Waals surface area contributed by atoms with E-state index in [0.717, 1.165) is 31.7 Å². The Labute approximate surface area is 100 Å². The van der Waals surface area contributed by atoms with Crippen molar-refractivity contribution in [3.8, 4) is 0 Å². The second kappa shape index (κ2) is 4.97. The van der Waals surface area contributed by atoms with E-state index in [2.05, 4.69) is 21.8 Å². The van der Waals surface area contributed by atoms with E-state index in [1.165, 1.54) is 0 Å². The number of nitrogens with zero attached hydrogens (tertiary/aromatic N) is 3. The first-order chi connectivity index (χ1) is 7.72. The smallest absolute Gasteiger partial charge is 0.171 e. The van der Waals surface area contributed by atoms with E-state index in [1.807, 2.05) is 0 Å². The van der Waals surface area contributed by atoms with Gasteiger partial charge < -0.3 is 10.0 Å². The minimum atomic E-state index is -0.198. The average molecular weight is 242 g/mol. The Morgan fingerprint density at radius 2 is 2.25 bits per heavy atom. The van der Waals surface area contributed by atoms with E-state index in [1.54, 1.807) is 12.4 Å². The van der Waals surface area contributed by atoms with Crippen LogP contribution in [-0.4, -0.2) is 34.3 Å². The van der Waals surface area contributed by atoms with E-state index in [9.17, 15) is 5.11 Å². The third-order valence-electron chi connectivity index (χ3n) is 3.15. The molecule has 1 aliphatic rings. The SMILES string of the molecule is CC[C@H]1CN(c2nccnc2Cl)CC[C@@H]1O. The van der Waals surface area contributed by atoms with E-state index in [4.69, 9.17) is 11.6 Å². The number of rotatable bonds is 2. The standard InChI is InChI=1S/C11H16ClN3O/c1-2-8-7-15(6-3-9(8)16)11-10(12)13-4-5-14-11/h4-5,8-9,16H,2-3,6-7H2,1H3/t8-,9-/m0/s1. The van der Waals surface area contributed by atoms with Crippen LogP contribution in [0.1, 0.15) is 19.8 Å². The summed E-state index contributed by atoms with van der Waals surface area (Å²) in [6.07, 6.45) is 4.77. The molecule has 1 aliphatic heterocycles. The van der Waals surface area contributed by atoms with Crippen molar-refractivity contribution >= 4 is 17.4 Å². The molecular weight excluding hydrogens is 226 g/mol. The van der Waals surface area contributed by atoms with Crippen molar-refractivity contribution in [3.05, 3.63) is 17.5 Å². The van der Waals surface area contributed by atoms with Gasteiger partial charge in [-0.15, -0.1) is 0 Å². The van der Waals surface area contributed by atoms with Crippen LogP contribution < -0.4 is 4.90 Å². The van der Waals surface area contributed by atoms with Crippen LogP contribution in [0.25, 0.3) is 0 Å². The summed E-state index contributed by atoms with van der Waals surface area (Å²) in [4.78, 5) is 10.4. The number of anilines is 1. The Morgan fingerprint density at radius 3 is 2.94 bits per heavy atom. The maximum absolute atomic E-state index is 9.81. The van der Waals surface area contributed by atoms with Crippen LogP contribution in [0.5, 0.6) is 0 Å². The van der Waals surface area contributed by atoms with E-state index in [-0.39, 0.29) is 6.10 Å². The molecule has 1 N–H and O–H groups in total. The Bertz CT molecular complexity index is 361. The Hall–Kier alpha value is -0.870. The van der Waals surface area contributed by atoms with Crippen molar-refractivity contribution in [1.82, 2.24) is 9.97 Å². The minimum absolute atomic E-state index is 0.198. The molecular formula is C11H16ClN3O. The summed E-state index contributed by atoms with van der Waals surface area (Å²) in [5, 5.41) is 10.2. The summed E-state index contributed by atoms with van der Waals surface area (Å²) >= 11 is 6.01. The highest BCUT2D eigenvalue weighted by Crippen LogP contribution is 2.27. The van der Waals surface area contributed by atoms with Crippen molar-refractivity contribution < 1.29 is 5.11 Å². The summed E-state index contributed by atoms with van der Waals surface area (Å²) in [5.41, 5.74) is 0. The summed E-state index contributed by atoms with van der Waals surface area (Å²) in [5.74, 6) is 1.03. The first-order valence-electron chi connectivity index (χ1n) is 5.62. The van der Waals surface area contributed by atoms with Gasteiger partial charge in [0.05, 0.1) is 6.10 Å². The molecule has 0 amide bonds. The fraction of sp³-hybridized carbons (Fsp3) is 0.636. The zero-order chi connectivity index (χ0) is 11.5. The molecule has 88 valence electrons. The Morgan fingerprint density at radius 1 is 1.50 bits per heavy atom. The highest BCUT2D eigenvalue weighted by molar-refractivity contribution is 6.31. The average Bonchev–Trinajstić information content (AvgIpc) is 2.31. The van der Waals surface area contributed by atoms with Gasteiger partial charge in [0.2, 0.25) is 0 Å². The predicted octanol–water partition coefficient (Wildman–Crippen LogP) is 1.73. The van der Waals surface area contributed by atoms with Crippen molar-refractivity contribution in [2.75, 3.05) is 18.0 Å². The van der Waals surface area contributed by atoms with Crippen LogP contribution in [-0.2, 0) is 0 Å². The molecule has 1 fully saturated rings. The molecule has 1 saturated heterocycles.